The van der Waals surface area contributed by atoms with E-state index in [9.17, 15) is 4.79 Å². The van der Waals surface area contributed by atoms with Gasteiger partial charge < -0.3 is 10.2 Å². The molecule has 1 saturated heterocycles. The minimum atomic E-state index is 0.260. The Kier molecular flexibility index (Phi) is 3.39. The number of hydrogen-bond donors (Lipinski definition) is 1. The first-order valence-corrected chi connectivity index (χ1v) is 5.76. The molecule has 16 heavy (non-hydrogen) atoms. The summed E-state index contributed by atoms with van der Waals surface area (Å²) in [5.74, 6) is 1.15. The van der Waals surface area contributed by atoms with Gasteiger partial charge in [0.15, 0.2) is 0 Å². The number of anilines is 1. The normalized spacial score (nSPS) is 15.6. The molecule has 1 fully saturated rings. The molecule has 1 amide bonds. The smallest absolute Gasteiger partial charge is 0.222 e. The van der Waals surface area contributed by atoms with E-state index in [0.717, 1.165) is 30.9 Å². The number of carbonyl (C=O) groups is 1. The van der Waals surface area contributed by atoms with Gasteiger partial charge in [-0.05, 0) is 25.0 Å². The van der Waals surface area contributed by atoms with Gasteiger partial charge in [-0.1, -0.05) is 6.07 Å². The molecule has 1 N–H and O–H groups in total. The molecule has 0 radical (unpaired) electrons. The Labute approximate surface area is 95.7 Å². The van der Waals surface area contributed by atoms with E-state index in [1.54, 1.807) is 0 Å². The summed E-state index contributed by atoms with van der Waals surface area (Å²) in [6, 6.07) is 3.98. The largest absolute Gasteiger partial charge is 0.370 e. The van der Waals surface area contributed by atoms with Gasteiger partial charge in [0.05, 0.1) is 0 Å². The van der Waals surface area contributed by atoms with Crippen LogP contribution in [-0.2, 0) is 11.3 Å². The molecule has 4 nitrogen and oxygen atoms in total. The van der Waals surface area contributed by atoms with Crippen molar-refractivity contribution < 1.29 is 4.79 Å². The number of likely N-dealkylation sites (tertiary alicyclic amines) is 1. The molecule has 2 heterocycles. The molecule has 1 aromatic rings. The summed E-state index contributed by atoms with van der Waals surface area (Å²) in [4.78, 5) is 17.6. The van der Waals surface area contributed by atoms with Crippen molar-refractivity contribution in [3.63, 3.8) is 0 Å². The molecule has 1 aliphatic rings. The van der Waals surface area contributed by atoms with E-state index in [0.29, 0.717) is 13.0 Å². The van der Waals surface area contributed by atoms with Crippen LogP contribution < -0.4 is 5.32 Å². The number of aromatic nitrogens is 1. The zero-order chi connectivity index (χ0) is 11.4. The average molecular weight is 219 g/mol. The minimum absolute atomic E-state index is 0.260. The van der Waals surface area contributed by atoms with E-state index < -0.39 is 0 Å². The SMILES string of the molecule is CCNc1ccc(CN2CCCC2=O)cn1. The van der Waals surface area contributed by atoms with E-state index in [1.807, 2.05) is 30.2 Å². The molecule has 0 unspecified atom stereocenters. The lowest BCUT2D eigenvalue weighted by molar-refractivity contribution is -0.128. The fourth-order valence-corrected chi connectivity index (χ4v) is 1.90. The van der Waals surface area contributed by atoms with Gasteiger partial charge in [0.2, 0.25) is 5.91 Å². The highest BCUT2D eigenvalue weighted by Gasteiger charge is 2.19. The molecule has 1 aromatic heterocycles. The van der Waals surface area contributed by atoms with Gasteiger partial charge in [0.1, 0.15) is 5.82 Å². The van der Waals surface area contributed by atoms with Gasteiger partial charge in [-0.2, -0.15) is 0 Å². The van der Waals surface area contributed by atoms with Crippen molar-refractivity contribution in [2.75, 3.05) is 18.4 Å². The predicted octanol–water partition coefficient (Wildman–Crippen LogP) is 1.64. The van der Waals surface area contributed by atoms with Gasteiger partial charge in [-0.3, -0.25) is 4.79 Å². The van der Waals surface area contributed by atoms with Crippen molar-refractivity contribution in [1.82, 2.24) is 9.88 Å². The number of nitrogens with zero attached hydrogens (tertiary/aromatic N) is 2. The molecule has 0 spiro atoms. The van der Waals surface area contributed by atoms with E-state index in [-0.39, 0.29) is 5.91 Å². The molecule has 0 aliphatic carbocycles. The zero-order valence-electron chi connectivity index (χ0n) is 9.57. The fraction of sp³-hybridized carbons (Fsp3) is 0.500. The third kappa shape index (κ3) is 2.51. The van der Waals surface area contributed by atoms with Gasteiger partial charge in [0.25, 0.3) is 0 Å². The van der Waals surface area contributed by atoms with Crippen LogP contribution in [0.15, 0.2) is 18.3 Å². The van der Waals surface area contributed by atoms with Crippen molar-refractivity contribution in [3.05, 3.63) is 23.9 Å². The lowest BCUT2D eigenvalue weighted by atomic mass is 10.2. The molecule has 86 valence electrons. The van der Waals surface area contributed by atoms with Crippen LogP contribution in [-0.4, -0.2) is 28.9 Å². The summed E-state index contributed by atoms with van der Waals surface area (Å²) < 4.78 is 0. The highest BCUT2D eigenvalue weighted by molar-refractivity contribution is 5.78. The Morgan fingerprint density at radius 1 is 1.50 bits per heavy atom. The molecular formula is C12H17N3O. The Morgan fingerprint density at radius 2 is 2.38 bits per heavy atom. The van der Waals surface area contributed by atoms with Gasteiger partial charge >= 0.3 is 0 Å². The van der Waals surface area contributed by atoms with Crippen LogP contribution in [0.1, 0.15) is 25.3 Å². The lowest BCUT2D eigenvalue weighted by Crippen LogP contribution is -2.23. The van der Waals surface area contributed by atoms with Crippen LogP contribution in [0.2, 0.25) is 0 Å². The van der Waals surface area contributed by atoms with E-state index in [4.69, 9.17) is 0 Å². The lowest BCUT2D eigenvalue weighted by Gasteiger charge is -2.15. The van der Waals surface area contributed by atoms with E-state index in [2.05, 4.69) is 10.3 Å². The fourth-order valence-electron chi connectivity index (χ4n) is 1.90. The summed E-state index contributed by atoms with van der Waals surface area (Å²) in [5, 5.41) is 3.15. The third-order valence-corrected chi connectivity index (χ3v) is 2.73. The maximum Gasteiger partial charge on any atom is 0.222 e. The Hall–Kier alpha value is -1.58. The second-order valence-corrected chi connectivity index (χ2v) is 4.00. The first kappa shape index (κ1) is 10.9. The Morgan fingerprint density at radius 3 is 2.94 bits per heavy atom. The number of pyridine rings is 1. The quantitative estimate of drug-likeness (QED) is 0.837. The van der Waals surface area contributed by atoms with Crippen molar-refractivity contribution in [1.29, 1.82) is 0 Å². The Balaban J connectivity index is 1.96. The van der Waals surface area contributed by atoms with Crippen molar-refractivity contribution >= 4 is 11.7 Å². The van der Waals surface area contributed by atoms with Crippen LogP contribution in [0.3, 0.4) is 0 Å². The van der Waals surface area contributed by atoms with E-state index in [1.165, 1.54) is 0 Å². The highest BCUT2D eigenvalue weighted by atomic mass is 16.2. The van der Waals surface area contributed by atoms with Gasteiger partial charge in [-0.15, -0.1) is 0 Å². The predicted molar refractivity (Wildman–Crippen MR) is 63.1 cm³/mol. The number of amides is 1. The van der Waals surface area contributed by atoms with Crippen LogP contribution in [0.5, 0.6) is 0 Å². The molecule has 0 bridgehead atoms. The van der Waals surface area contributed by atoms with Crippen LogP contribution in [0.25, 0.3) is 0 Å². The molecule has 2 rings (SSSR count). The number of hydrogen-bond acceptors (Lipinski definition) is 3. The first-order chi connectivity index (χ1) is 7.79. The molecule has 0 atom stereocenters. The van der Waals surface area contributed by atoms with Crippen molar-refractivity contribution in [3.8, 4) is 0 Å². The van der Waals surface area contributed by atoms with Crippen molar-refractivity contribution in [2.24, 2.45) is 0 Å². The zero-order valence-corrected chi connectivity index (χ0v) is 9.57. The van der Waals surface area contributed by atoms with Crippen LogP contribution in [0, 0.1) is 0 Å². The highest BCUT2D eigenvalue weighted by Crippen LogP contribution is 2.14. The number of rotatable bonds is 4. The van der Waals surface area contributed by atoms with Crippen molar-refractivity contribution in [2.45, 2.75) is 26.3 Å². The second kappa shape index (κ2) is 4.96. The maximum absolute atomic E-state index is 11.4. The van der Waals surface area contributed by atoms with Gasteiger partial charge in [0, 0.05) is 32.3 Å². The topological polar surface area (TPSA) is 45.2 Å². The number of carbonyl (C=O) groups excluding carboxylic acids is 1. The van der Waals surface area contributed by atoms with Gasteiger partial charge in [-0.25, -0.2) is 4.98 Å². The molecule has 1 aliphatic heterocycles. The molecule has 0 saturated carbocycles. The summed E-state index contributed by atoms with van der Waals surface area (Å²) in [6.45, 7) is 4.49. The summed E-state index contributed by atoms with van der Waals surface area (Å²) in [5.41, 5.74) is 1.09. The minimum Gasteiger partial charge on any atom is -0.370 e. The monoisotopic (exact) mass is 219 g/mol. The number of nitrogens with one attached hydrogen (secondary N) is 1. The summed E-state index contributed by atoms with van der Waals surface area (Å²) >= 11 is 0. The second-order valence-electron chi connectivity index (χ2n) is 4.00. The Bertz CT molecular complexity index is 361. The van der Waals surface area contributed by atoms with Crippen LogP contribution >= 0.6 is 0 Å². The van der Waals surface area contributed by atoms with Crippen LogP contribution in [0.4, 0.5) is 5.82 Å². The first-order valence-electron chi connectivity index (χ1n) is 5.76. The summed E-state index contributed by atoms with van der Waals surface area (Å²) in [7, 11) is 0. The molecule has 4 heteroatoms. The van der Waals surface area contributed by atoms with E-state index >= 15 is 0 Å². The average Bonchev–Trinajstić information content (AvgIpc) is 2.68. The molecule has 0 aromatic carbocycles. The third-order valence-electron chi connectivity index (χ3n) is 2.73. The summed E-state index contributed by atoms with van der Waals surface area (Å²) in [6.07, 6.45) is 3.52. The standard InChI is InChI=1S/C12H17N3O/c1-2-13-11-6-5-10(8-14-11)9-15-7-3-4-12(15)16/h5-6,8H,2-4,7,9H2,1H3,(H,13,14). The molecular weight excluding hydrogens is 202 g/mol. The maximum atomic E-state index is 11.4.